The van der Waals surface area contributed by atoms with Gasteiger partial charge in [0.25, 0.3) is 0 Å². The largest absolute Gasteiger partial charge is 0.347 e. The van der Waals surface area contributed by atoms with E-state index in [9.17, 15) is 10.1 Å². The summed E-state index contributed by atoms with van der Waals surface area (Å²) in [5.41, 5.74) is 3.57. The zero-order chi connectivity index (χ0) is 22.5. The van der Waals surface area contributed by atoms with Crippen LogP contribution in [0.2, 0.25) is 0 Å². The van der Waals surface area contributed by atoms with Gasteiger partial charge in [-0.1, -0.05) is 30.3 Å². The van der Waals surface area contributed by atoms with Gasteiger partial charge in [-0.15, -0.1) is 11.3 Å². The summed E-state index contributed by atoms with van der Waals surface area (Å²) < 4.78 is 2.04. The molecule has 0 atom stereocenters. The van der Waals surface area contributed by atoms with Crippen molar-refractivity contribution in [1.82, 2.24) is 14.5 Å². The van der Waals surface area contributed by atoms with Gasteiger partial charge in [-0.05, 0) is 31.4 Å². The van der Waals surface area contributed by atoms with E-state index in [0.29, 0.717) is 24.5 Å². The zero-order valence-corrected chi connectivity index (χ0v) is 19.4. The van der Waals surface area contributed by atoms with Gasteiger partial charge in [-0.3, -0.25) is 9.69 Å². The quantitative estimate of drug-likeness (QED) is 0.623. The number of hydrogen-bond acceptors (Lipinski definition) is 6. The number of amides is 1. The Balaban J connectivity index is 1.46. The molecule has 1 saturated heterocycles. The first kappa shape index (κ1) is 22.1. The van der Waals surface area contributed by atoms with Crippen molar-refractivity contribution in [2.24, 2.45) is 0 Å². The lowest BCUT2D eigenvalue weighted by Crippen LogP contribution is -2.36. The molecule has 0 aliphatic carbocycles. The Kier molecular flexibility index (Phi) is 6.88. The van der Waals surface area contributed by atoms with Gasteiger partial charge < -0.3 is 14.8 Å². The van der Waals surface area contributed by atoms with Crippen molar-refractivity contribution in [1.29, 1.82) is 5.26 Å². The summed E-state index contributed by atoms with van der Waals surface area (Å²) in [4.78, 5) is 21.9. The molecule has 2 aromatic heterocycles. The number of nitriles is 1. The van der Waals surface area contributed by atoms with Crippen LogP contribution in [0.1, 0.15) is 28.8 Å². The van der Waals surface area contributed by atoms with E-state index in [2.05, 4.69) is 38.3 Å². The van der Waals surface area contributed by atoms with Crippen molar-refractivity contribution in [2.45, 2.75) is 26.8 Å². The first-order chi connectivity index (χ1) is 15.6. The highest BCUT2D eigenvalue weighted by Gasteiger charge is 2.22. The highest BCUT2D eigenvalue weighted by atomic mass is 32.1. The van der Waals surface area contributed by atoms with Crippen LogP contribution in [0.25, 0.3) is 0 Å². The Morgan fingerprint density at radius 3 is 2.72 bits per heavy atom. The van der Waals surface area contributed by atoms with Gasteiger partial charge in [-0.2, -0.15) is 5.26 Å². The van der Waals surface area contributed by atoms with Crippen LogP contribution in [-0.2, 0) is 11.3 Å². The fraction of sp³-hybridized carbons (Fsp3) is 0.375. The Morgan fingerprint density at radius 1 is 1.19 bits per heavy atom. The molecule has 32 heavy (non-hydrogen) atoms. The van der Waals surface area contributed by atoms with Crippen molar-refractivity contribution in [3.63, 3.8) is 0 Å². The molecule has 0 saturated carbocycles. The van der Waals surface area contributed by atoms with Gasteiger partial charge in [0.05, 0.1) is 12.1 Å². The Hall–Kier alpha value is -3.15. The van der Waals surface area contributed by atoms with Crippen LogP contribution < -0.4 is 10.2 Å². The van der Waals surface area contributed by atoms with E-state index in [1.807, 2.05) is 48.2 Å². The summed E-state index contributed by atoms with van der Waals surface area (Å²) in [5, 5.41) is 15.8. The number of anilines is 2. The third-order valence-electron chi connectivity index (χ3n) is 6.03. The Labute approximate surface area is 192 Å². The van der Waals surface area contributed by atoms with Crippen molar-refractivity contribution < 1.29 is 4.79 Å². The summed E-state index contributed by atoms with van der Waals surface area (Å²) in [6.45, 7) is 8.33. The second-order valence-electron chi connectivity index (χ2n) is 8.10. The highest BCUT2D eigenvalue weighted by Crippen LogP contribution is 2.27. The van der Waals surface area contributed by atoms with Crippen LogP contribution in [-0.4, -0.2) is 53.1 Å². The number of aromatic nitrogens is 2. The number of rotatable bonds is 6. The third kappa shape index (κ3) is 4.85. The van der Waals surface area contributed by atoms with E-state index in [1.54, 1.807) is 11.3 Å². The maximum atomic E-state index is 13.0. The first-order valence-corrected chi connectivity index (χ1v) is 11.7. The van der Waals surface area contributed by atoms with Crippen LogP contribution >= 0.6 is 11.3 Å². The number of carbonyl (C=O) groups is 1. The molecule has 1 N–H and O–H groups in total. The van der Waals surface area contributed by atoms with Crippen molar-refractivity contribution in [3.8, 4) is 6.07 Å². The fourth-order valence-electron chi connectivity index (χ4n) is 4.16. The number of hydrogen-bond donors (Lipinski definition) is 1. The number of carbonyl (C=O) groups excluding carboxylic acids is 1. The maximum Gasteiger partial charge on any atom is 0.239 e. The minimum Gasteiger partial charge on any atom is -0.347 e. The fourth-order valence-corrected chi connectivity index (χ4v) is 4.86. The molecular weight excluding hydrogens is 420 g/mol. The standard InChI is InChI=1S/C24H28N6OS/c1-18-19(2)30(16-20-7-4-3-5-8-20)23(21(18)15-25)27-22(31)17-28-10-6-11-29(13-12-28)24-26-9-14-32-24/h3-5,7-9,14H,6,10-13,16-17H2,1-2H3,(H,27,31). The second-order valence-corrected chi connectivity index (χ2v) is 8.97. The van der Waals surface area contributed by atoms with Gasteiger partial charge in [0.1, 0.15) is 11.9 Å². The molecule has 1 aliphatic heterocycles. The van der Waals surface area contributed by atoms with Gasteiger partial charge in [0, 0.05) is 50.0 Å². The molecule has 0 unspecified atom stereocenters. The average molecular weight is 449 g/mol. The van der Waals surface area contributed by atoms with Gasteiger partial charge >= 0.3 is 0 Å². The molecule has 0 bridgehead atoms. The first-order valence-electron chi connectivity index (χ1n) is 10.9. The van der Waals surface area contributed by atoms with Crippen LogP contribution in [0, 0.1) is 25.2 Å². The summed E-state index contributed by atoms with van der Waals surface area (Å²) in [6.07, 6.45) is 2.82. The smallest absolute Gasteiger partial charge is 0.239 e. The Bertz CT molecular complexity index is 1100. The molecule has 166 valence electrons. The molecule has 7 nitrogen and oxygen atoms in total. The molecular formula is C24H28N6OS. The molecule has 3 heterocycles. The SMILES string of the molecule is Cc1c(C#N)c(NC(=O)CN2CCCN(c3nccs3)CC2)n(Cc2ccccc2)c1C. The van der Waals surface area contributed by atoms with Gasteiger partial charge in [0.15, 0.2) is 5.13 Å². The van der Waals surface area contributed by atoms with Crippen LogP contribution in [0.5, 0.6) is 0 Å². The minimum absolute atomic E-state index is 0.0870. The molecule has 4 rings (SSSR count). The molecule has 1 aliphatic rings. The second kappa shape index (κ2) is 9.98. The van der Waals surface area contributed by atoms with E-state index >= 15 is 0 Å². The molecule has 1 fully saturated rings. The summed E-state index contributed by atoms with van der Waals surface area (Å²) >= 11 is 1.65. The zero-order valence-electron chi connectivity index (χ0n) is 18.5. The maximum absolute atomic E-state index is 13.0. The van der Waals surface area contributed by atoms with E-state index in [4.69, 9.17) is 0 Å². The van der Waals surface area contributed by atoms with Crippen molar-refractivity contribution in [2.75, 3.05) is 42.9 Å². The van der Waals surface area contributed by atoms with Gasteiger partial charge in [0.2, 0.25) is 5.91 Å². The average Bonchev–Trinajstić information content (AvgIpc) is 3.32. The summed E-state index contributed by atoms with van der Waals surface area (Å²) in [6, 6.07) is 12.4. The molecule has 8 heteroatoms. The lowest BCUT2D eigenvalue weighted by Gasteiger charge is -2.21. The topological polar surface area (TPSA) is 77.2 Å². The van der Waals surface area contributed by atoms with E-state index < -0.39 is 0 Å². The van der Waals surface area contributed by atoms with Crippen LogP contribution in [0.4, 0.5) is 10.9 Å². The van der Waals surface area contributed by atoms with Crippen LogP contribution in [0.15, 0.2) is 41.9 Å². The summed E-state index contributed by atoms with van der Waals surface area (Å²) in [5.74, 6) is 0.506. The predicted molar refractivity (Wildman–Crippen MR) is 128 cm³/mol. The monoisotopic (exact) mass is 448 g/mol. The molecule has 0 spiro atoms. The van der Waals surface area contributed by atoms with Gasteiger partial charge in [-0.25, -0.2) is 4.98 Å². The van der Waals surface area contributed by atoms with Crippen molar-refractivity contribution >= 4 is 28.2 Å². The summed E-state index contributed by atoms with van der Waals surface area (Å²) in [7, 11) is 0. The Morgan fingerprint density at radius 2 is 2.00 bits per heavy atom. The third-order valence-corrected chi connectivity index (χ3v) is 6.86. The number of nitrogens with one attached hydrogen (secondary N) is 1. The number of thiazole rings is 1. The lowest BCUT2D eigenvalue weighted by molar-refractivity contribution is -0.117. The molecule has 3 aromatic rings. The van der Waals surface area contributed by atoms with E-state index in [1.165, 1.54) is 0 Å². The highest BCUT2D eigenvalue weighted by molar-refractivity contribution is 7.13. The molecule has 1 aromatic carbocycles. The number of nitrogens with zero attached hydrogens (tertiary/aromatic N) is 5. The number of benzene rings is 1. The van der Waals surface area contributed by atoms with Crippen molar-refractivity contribution in [3.05, 3.63) is 64.3 Å². The predicted octanol–water partition coefficient (Wildman–Crippen LogP) is 3.63. The molecule has 1 amide bonds. The normalized spacial score (nSPS) is 14.7. The van der Waals surface area contributed by atoms with E-state index in [-0.39, 0.29) is 5.91 Å². The lowest BCUT2D eigenvalue weighted by atomic mass is 10.2. The minimum atomic E-state index is -0.0870. The molecule has 0 radical (unpaired) electrons. The van der Waals surface area contributed by atoms with Crippen LogP contribution in [0.3, 0.4) is 0 Å². The van der Waals surface area contributed by atoms with E-state index in [0.717, 1.165) is 54.6 Å².